The van der Waals surface area contributed by atoms with Gasteiger partial charge in [0, 0.05) is 0 Å². The summed E-state index contributed by atoms with van der Waals surface area (Å²) < 4.78 is 12.3. The molecule has 158 valence electrons. The fraction of sp³-hybridized carbons (Fsp3) is 0.739. The summed E-state index contributed by atoms with van der Waals surface area (Å²) in [7, 11) is 3.63. The van der Waals surface area contributed by atoms with Crippen molar-refractivity contribution in [2.75, 3.05) is 27.4 Å². The molecule has 1 aliphatic heterocycles. The predicted octanol–water partition coefficient (Wildman–Crippen LogP) is 3.29. The van der Waals surface area contributed by atoms with E-state index in [9.17, 15) is 5.11 Å². The molecule has 5 atom stereocenters. The quantitative estimate of drug-likeness (QED) is 0.486. The molecule has 0 spiro atoms. The van der Waals surface area contributed by atoms with Crippen molar-refractivity contribution in [3.8, 4) is 0 Å². The predicted molar refractivity (Wildman–Crippen MR) is 118 cm³/mol. The Morgan fingerprint density at radius 3 is 2.39 bits per heavy atom. The summed E-state index contributed by atoms with van der Waals surface area (Å²) in [6, 6.07) is 10.9. The number of ether oxygens (including phenoxy) is 2. The van der Waals surface area contributed by atoms with Crippen molar-refractivity contribution in [2.24, 2.45) is 5.92 Å². The van der Waals surface area contributed by atoms with Crippen LogP contribution in [0.4, 0.5) is 0 Å². The Labute approximate surface area is 186 Å². The van der Waals surface area contributed by atoms with Gasteiger partial charge in [0.15, 0.2) is 0 Å². The number of aliphatic hydroxyl groups excluding tert-OH is 1. The Bertz CT molecular complexity index is 530. The Balaban J connectivity index is 1.85. The second-order valence-electron chi connectivity index (χ2n) is 8.47. The topological polar surface area (TPSA) is 41.9 Å². The van der Waals surface area contributed by atoms with Crippen molar-refractivity contribution in [1.29, 1.82) is 0 Å². The van der Waals surface area contributed by atoms with Gasteiger partial charge in [0.1, 0.15) is 0 Å². The Morgan fingerprint density at radius 1 is 1.11 bits per heavy atom. The minimum absolute atomic E-state index is 0.213. The number of nitrogens with zero attached hydrogens (tertiary/aromatic N) is 1. The molecule has 1 aromatic rings. The van der Waals surface area contributed by atoms with Crippen LogP contribution < -0.4 is 0 Å². The molecule has 1 fully saturated rings. The van der Waals surface area contributed by atoms with Gasteiger partial charge in [-0.15, -0.1) is 0 Å². The van der Waals surface area contributed by atoms with Gasteiger partial charge in [-0.05, 0) is 0 Å². The average molecular weight is 493 g/mol. The van der Waals surface area contributed by atoms with E-state index in [-0.39, 0.29) is 18.8 Å². The van der Waals surface area contributed by atoms with Gasteiger partial charge in [0.2, 0.25) is 0 Å². The van der Waals surface area contributed by atoms with Gasteiger partial charge in [-0.25, -0.2) is 0 Å². The third-order valence-electron chi connectivity index (χ3n) is 6.62. The minimum atomic E-state index is 0.213. The second kappa shape index (κ2) is 13.3. The van der Waals surface area contributed by atoms with E-state index in [1.54, 1.807) is 0 Å². The molecule has 5 heteroatoms. The van der Waals surface area contributed by atoms with Crippen LogP contribution >= 0.6 is 0 Å². The molecule has 0 saturated carbocycles. The first kappa shape index (κ1) is 24.2. The van der Waals surface area contributed by atoms with Crippen molar-refractivity contribution in [3.05, 3.63) is 35.9 Å². The number of methoxy groups -OCH3 is 2. The zero-order valence-electron chi connectivity index (χ0n) is 18.3. The van der Waals surface area contributed by atoms with E-state index in [1.807, 2.05) is 14.2 Å². The molecule has 0 aliphatic carbocycles. The fourth-order valence-corrected chi connectivity index (χ4v) is 7.40. The maximum absolute atomic E-state index is 10.00. The SMILES string of the molecule is CCCC(OC)C(CC[CH]([InH2])C1CCN(Cc2ccccc2)C(CO)C1)OC. The summed E-state index contributed by atoms with van der Waals surface area (Å²) in [4.78, 5) is 2.48. The first-order valence-corrected chi connectivity index (χ1v) is 14.4. The van der Waals surface area contributed by atoms with Gasteiger partial charge < -0.3 is 0 Å². The molecular weight excluding hydrogens is 453 g/mol. The number of rotatable bonds is 12. The summed E-state index contributed by atoms with van der Waals surface area (Å²) in [5, 5.41) is 10.00. The number of hydrogen-bond donors (Lipinski definition) is 1. The van der Waals surface area contributed by atoms with E-state index in [2.05, 4.69) is 42.2 Å². The first-order chi connectivity index (χ1) is 13.6. The van der Waals surface area contributed by atoms with Crippen LogP contribution in [-0.2, 0) is 16.0 Å². The molecule has 1 aromatic carbocycles. The van der Waals surface area contributed by atoms with Crippen molar-refractivity contribution in [2.45, 2.75) is 73.9 Å². The third kappa shape index (κ3) is 7.32. The van der Waals surface area contributed by atoms with E-state index in [1.165, 1.54) is 18.4 Å². The van der Waals surface area contributed by atoms with E-state index in [4.69, 9.17) is 9.47 Å². The van der Waals surface area contributed by atoms with Crippen molar-refractivity contribution < 1.29 is 14.6 Å². The Morgan fingerprint density at radius 2 is 1.79 bits per heavy atom. The molecule has 1 saturated heterocycles. The van der Waals surface area contributed by atoms with Crippen LogP contribution in [0.1, 0.15) is 51.0 Å². The summed E-state index contributed by atoms with van der Waals surface area (Å²) in [5.74, 6) is 0.768. The Hall–Kier alpha value is -0.0699. The van der Waals surface area contributed by atoms with Crippen molar-refractivity contribution >= 4 is 24.4 Å². The van der Waals surface area contributed by atoms with Crippen LogP contribution in [0.15, 0.2) is 30.3 Å². The summed E-state index contributed by atoms with van der Waals surface area (Å²) >= 11 is 0.607. The van der Waals surface area contributed by atoms with Crippen molar-refractivity contribution in [1.82, 2.24) is 4.90 Å². The number of benzene rings is 1. The molecule has 0 amide bonds. The molecule has 28 heavy (non-hydrogen) atoms. The monoisotopic (exact) mass is 493 g/mol. The van der Waals surface area contributed by atoms with E-state index in [0.717, 1.165) is 48.4 Å². The van der Waals surface area contributed by atoms with Crippen LogP contribution in [0.2, 0.25) is 3.67 Å². The fourth-order valence-electron chi connectivity index (χ4n) is 4.72. The molecular formula is C23H40InNO3. The zero-order valence-corrected chi connectivity index (χ0v) is 24.1. The summed E-state index contributed by atoms with van der Waals surface area (Å²) in [6.45, 7) is 4.53. The maximum atomic E-state index is 10.00. The molecule has 1 heterocycles. The van der Waals surface area contributed by atoms with Crippen molar-refractivity contribution in [3.63, 3.8) is 0 Å². The number of piperidine rings is 1. The first-order valence-electron chi connectivity index (χ1n) is 11.1. The number of aliphatic hydroxyl groups is 1. The second-order valence-corrected chi connectivity index (χ2v) is 12.7. The van der Waals surface area contributed by atoms with Crippen LogP contribution in [0.5, 0.6) is 0 Å². The van der Waals surface area contributed by atoms with Gasteiger partial charge in [-0.3, -0.25) is 0 Å². The van der Waals surface area contributed by atoms with Gasteiger partial charge >= 0.3 is 187 Å². The van der Waals surface area contributed by atoms with Crippen LogP contribution in [0, 0.1) is 5.92 Å². The van der Waals surface area contributed by atoms with E-state index in [0.29, 0.717) is 30.4 Å². The van der Waals surface area contributed by atoms with Crippen LogP contribution in [0.25, 0.3) is 0 Å². The van der Waals surface area contributed by atoms with E-state index >= 15 is 0 Å². The molecule has 2 rings (SSSR count). The number of hydrogen-bond acceptors (Lipinski definition) is 4. The molecule has 1 N–H and O–H groups in total. The van der Waals surface area contributed by atoms with Gasteiger partial charge in [-0.1, -0.05) is 0 Å². The van der Waals surface area contributed by atoms with Gasteiger partial charge in [-0.2, -0.15) is 0 Å². The average Bonchev–Trinajstić information content (AvgIpc) is 2.74. The van der Waals surface area contributed by atoms with Crippen LogP contribution in [-0.4, -0.2) is 80.0 Å². The molecule has 0 bridgehead atoms. The Kier molecular flexibility index (Phi) is 11.5. The molecule has 0 aromatic heterocycles. The standard InChI is InChI=1S/C23H38NO3.In.2H/c1-4-9-22(26-2)23(27-3)13-8-12-19-14-15-24(21(16-19)18-25)17-20-10-6-5-7-11-20;;;/h5-7,10-12,19,21-23,25H,4,8-9,13-18H2,1-3H3;;;. The molecule has 1 aliphatic rings. The normalized spacial score (nSPS) is 24.0. The van der Waals surface area contributed by atoms with Gasteiger partial charge in [0.05, 0.1) is 0 Å². The summed E-state index contributed by atoms with van der Waals surface area (Å²) in [5.41, 5.74) is 1.34. The molecule has 4 nitrogen and oxygen atoms in total. The van der Waals surface area contributed by atoms with Crippen LogP contribution in [0.3, 0.4) is 0 Å². The summed E-state index contributed by atoms with van der Waals surface area (Å²) in [6.07, 6.45) is 7.38. The van der Waals surface area contributed by atoms with Gasteiger partial charge in [0.25, 0.3) is 0 Å². The number of likely N-dealkylation sites (tertiary alicyclic amines) is 1. The van der Waals surface area contributed by atoms with E-state index < -0.39 is 0 Å². The zero-order chi connectivity index (χ0) is 20.4. The molecule has 5 unspecified atom stereocenters. The third-order valence-corrected chi connectivity index (χ3v) is 11.0. The molecule has 0 radical (unpaired) electrons.